The van der Waals surface area contributed by atoms with Crippen molar-refractivity contribution >= 4 is 11.8 Å². The van der Waals surface area contributed by atoms with E-state index in [0.717, 1.165) is 5.56 Å². The van der Waals surface area contributed by atoms with E-state index in [0.29, 0.717) is 43.1 Å². The number of hydrogen-bond donors (Lipinski definition) is 1. The fraction of sp³-hybridized carbons (Fsp3) is 0.462. The van der Waals surface area contributed by atoms with Crippen LogP contribution in [0.15, 0.2) is 36.4 Å². The minimum absolute atomic E-state index is 0.0102. The first-order valence-corrected chi connectivity index (χ1v) is 12.1. The van der Waals surface area contributed by atoms with Crippen LogP contribution in [0.3, 0.4) is 0 Å². The van der Waals surface area contributed by atoms with Gasteiger partial charge in [-0.25, -0.2) is 0 Å². The Kier molecular flexibility index (Phi) is 5.45. The van der Waals surface area contributed by atoms with Gasteiger partial charge in [-0.05, 0) is 42.7 Å². The highest BCUT2D eigenvalue weighted by Crippen LogP contribution is 2.52. The maximum absolute atomic E-state index is 13.6. The summed E-state index contributed by atoms with van der Waals surface area (Å²) in [5, 5.41) is 3.10. The van der Waals surface area contributed by atoms with Crippen LogP contribution in [-0.4, -0.2) is 62.5 Å². The second-order valence-corrected chi connectivity index (χ2v) is 9.82. The van der Waals surface area contributed by atoms with Crippen LogP contribution in [0.1, 0.15) is 36.4 Å². The van der Waals surface area contributed by atoms with Crippen LogP contribution in [0.4, 0.5) is 8.78 Å². The molecular formula is C26H26F2N2O7. The number of halogens is 2. The third-order valence-corrected chi connectivity index (χ3v) is 7.55. The zero-order chi connectivity index (χ0) is 25.9. The van der Waals surface area contributed by atoms with Crippen molar-refractivity contribution in [1.82, 2.24) is 10.2 Å². The Bertz CT molecular complexity index is 1260. The Morgan fingerprint density at radius 2 is 1.81 bits per heavy atom. The van der Waals surface area contributed by atoms with Gasteiger partial charge in [0.2, 0.25) is 5.91 Å². The number of hydrogen-bond acceptors (Lipinski definition) is 7. The molecule has 2 amide bonds. The molecule has 2 fully saturated rings. The van der Waals surface area contributed by atoms with Gasteiger partial charge in [0.25, 0.3) is 5.91 Å². The predicted octanol–water partition coefficient (Wildman–Crippen LogP) is 2.91. The van der Waals surface area contributed by atoms with Gasteiger partial charge in [-0.3, -0.25) is 9.59 Å². The van der Waals surface area contributed by atoms with E-state index in [4.69, 9.17) is 14.2 Å². The molecule has 196 valence electrons. The SMILES string of the molecule is COc1ccc2c(c1)O[C@@H](C(=O)N(C)C1COC1)C[C@@H]2NC(=O)C1(c2ccc3c(c2)OC(F)(F)O3)CC1. The van der Waals surface area contributed by atoms with E-state index in [9.17, 15) is 18.4 Å². The summed E-state index contributed by atoms with van der Waals surface area (Å²) in [4.78, 5) is 28.5. The summed E-state index contributed by atoms with van der Waals surface area (Å²) >= 11 is 0. The lowest BCUT2D eigenvalue weighted by molar-refractivity contribution is -0.286. The van der Waals surface area contributed by atoms with Crippen molar-refractivity contribution in [3.8, 4) is 23.0 Å². The third-order valence-electron chi connectivity index (χ3n) is 7.55. The summed E-state index contributed by atoms with van der Waals surface area (Å²) in [5.41, 5.74) is 0.430. The molecule has 37 heavy (non-hydrogen) atoms. The highest BCUT2D eigenvalue weighted by atomic mass is 19.3. The first-order valence-electron chi connectivity index (χ1n) is 12.1. The van der Waals surface area contributed by atoms with Crippen molar-refractivity contribution < 1.29 is 42.1 Å². The molecule has 3 aliphatic heterocycles. The fourth-order valence-electron chi connectivity index (χ4n) is 5.03. The van der Waals surface area contributed by atoms with E-state index < -0.39 is 23.9 Å². The second kappa shape index (κ2) is 8.47. The van der Waals surface area contributed by atoms with E-state index in [2.05, 4.69) is 14.8 Å². The van der Waals surface area contributed by atoms with Crippen molar-refractivity contribution in [3.05, 3.63) is 47.5 Å². The number of methoxy groups -OCH3 is 1. The molecule has 0 unspecified atom stereocenters. The largest absolute Gasteiger partial charge is 0.586 e. The number of likely N-dealkylation sites (N-methyl/N-ethyl adjacent to an activating group) is 1. The minimum atomic E-state index is -3.73. The summed E-state index contributed by atoms with van der Waals surface area (Å²) in [6, 6.07) is 9.21. The number of fused-ring (bicyclic) bond motifs is 2. The molecule has 2 atom stereocenters. The highest BCUT2D eigenvalue weighted by molar-refractivity contribution is 5.92. The standard InChI is InChI=1S/C26H26F2N2O7/c1-30(15-12-34-13-15)23(31)22-11-18(17-5-4-16(33-2)10-20(17)35-22)29-24(32)25(7-8-25)14-3-6-19-21(9-14)37-26(27,28)36-19/h3-6,9-10,15,18,22H,7-8,11-13H2,1-2H3,(H,29,32)/t18-,22+/m0/s1. The van der Waals surface area contributed by atoms with Crippen molar-refractivity contribution in [2.75, 3.05) is 27.4 Å². The number of benzene rings is 2. The molecule has 9 nitrogen and oxygen atoms in total. The van der Waals surface area contributed by atoms with Crippen LogP contribution in [0.5, 0.6) is 23.0 Å². The van der Waals surface area contributed by atoms with Gasteiger partial charge in [-0.1, -0.05) is 6.07 Å². The molecule has 6 rings (SSSR count). The van der Waals surface area contributed by atoms with Crippen LogP contribution in [0, 0.1) is 0 Å². The minimum Gasteiger partial charge on any atom is -0.497 e. The molecule has 0 bridgehead atoms. The van der Waals surface area contributed by atoms with Crippen molar-refractivity contribution in [3.63, 3.8) is 0 Å². The van der Waals surface area contributed by atoms with Crippen molar-refractivity contribution in [2.45, 2.75) is 49.2 Å². The first-order chi connectivity index (χ1) is 17.7. The number of nitrogens with one attached hydrogen (secondary N) is 1. The van der Waals surface area contributed by atoms with E-state index in [-0.39, 0.29) is 35.8 Å². The number of alkyl halides is 2. The van der Waals surface area contributed by atoms with Crippen LogP contribution in [0.25, 0.3) is 0 Å². The molecule has 1 saturated carbocycles. The summed E-state index contributed by atoms with van der Waals surface area (Å²) in [7, 11) is 3.25. The van der Waals surface area contributed by atoms with Crippen LogP contribution >= 0.6 is 0 Å². The molecule has 2 aromatic rings. The fourth-order valence-corrected chi connectivity index (χ4v) is 5.03. The van der Waals surface area contributed by atoms with Gasteiger partial charge < -0.3 is 33.9 Å². The maximum atomic E-state index is 13.6. The lowest BCUT2D eigenvalue weighted by atomic mass is 9.91. The maximum Gasteiger partial charge on any atom is 0.586 e. The molecule has 0 spiro atoms. The van der Waals surface area contributed by atoms with Gasteiger partial charge >= 0.3 is 6.29 Å². The molecule has 0 aromatic heterocycles. The van der Waals surface area contributed by atoms with Crippen molar-refractivity contribution in [1.29, 1.82) is 0 Å². The Morgan fingerprint density at radius 1 is 1.05 bits per heavy atom. The average molecular weight is 516 g/mol. The Morgan fingerprint density at radius 3 is 2.49 bits per heavy atom. The molecule has 2 aromatic carbocycles. The van der Waals surface area contributed by atoms with Gasteiger partial charge in [0.1, 0.15) is 11.5 Å². The zero-order valence-electron chi connectivity index (χ0n) is 20.3. The van der Waals surface area contributed by atoms with Crippen LogP contribution in [-0.2, 0) is 19.7 Å². The number of ether oxygens (including phenoxy) is 5. The second-order valence-electron chi connectivity index (χ2n) is 9.82. The highest BCUT2D eigenvalue weighted by Gasteiger charge is 2.53. The molecule has 0 radical (unpaired) electrons. The predicted molar refractivity (Wildman–Crippen MR) is 124 cm³/mol. The van der Waals surface area contributed by atoms with E-state index in [1.165, 1.54) is 19.2 Å². The zero-order valence-corrected chi connectivity index (χ0v) is 20.3. The number of amides is 2. The molecule has 4 aliphatic rings. The monoisotopic (exact) mass is 516 g/mol. The summed E-state index contributed by atoms with van der Waals surface area (Å²) in [6.45, 7) is 0.951. The normalized spacial score (nSPS) is 24.2. The van der Waals surface area contributed by atoms with Gasteiger partial charge in [-0.2, -0.15) is 0 Å². The Balaban J connectivity index is 1.25. The summed E-state index contributed by atoms with van der Waals surface area (Å²) < 4.78 is 52.7. The summed E-state index contributed by atoms with van der Waals surface area (Å²) in [5.74, 6) is 0.409. The van der Waals surface area contributed by atoms with Gasteiger partial charge in [-0.15, -0.1) is 8.78 Å². The van der Waals surface area contributed by atoms with E-state index >= 15 is 0 Å². The van der Waals surface area contributed by atoms with Crippen LogP contribution < -0.4 is 24.3 Å². The number of nitrogens with zero attached hydrogens (tertiary/aromatic N) is 1. The van der Waals surface area contributed by atoms with Gasteiger partial charge in [0.15, 0.2) is 17.6 Å². The quantitative estimate of drug-likeness (QED) is 0.631. The third kappa shape index (κ3) is 4.11. The Labute approximate surface area is 211 Å². The number of carbonyl (C=O) groups is 2. The van der Waals surface area contributed by atoms with E-state index in [1.807, 2.05) is 6.07 Å². The number of carbonyl (C=O) groups excluding carboxylic acids is 2. The average Bonchev–Trinajstić information content (AvgIpc) is 3.59. The first kappa shape index (κ1) is 23.8. The lowest BCUT2D eigenvalue weighted by Gasteiger charge is -2.39. The topological polar surface area (TPSA) is 95.6 Å². The van der Waals surface area contributed by atoms with Crippen molar-refractivity contribution in [2.24, 2.45) is 0 Å². The van der Waals surface area contributed by atoms with Crippen LogP contribution in [0.2, 0.25) is 0 Å². The van der Waals surface area contributed by atoms with Gasteiger partial charge in [0, 0.05) is 25.1 Å². The van der Waals surface area contributed by atoms with Gasteiger partial charge in [0.05, 0.1) is 37.8 Å². The molecule has 1 N–H and O–H groups in total. The Hall–Kier alpha value is -3.60. The summed E-state index contributed by atoms with van der Waals surface area (Å²) in [6.07, 6.45) is -3.18. The number of rotatable bonds is 6. The molecular weight excluding hydrogens is 490 g/mol. The molecule has 11 heteroatoms. The van der Waals surface area contributed by atoms with E-state index in [1.54, 1.807) is 30.1 Å². The molecule has 1 aliphatic carbocycles. The smallest absolute Gasteiger partial charge is 0.497 e. The lowest BCUT2D eigenvalue weighted by Crippen LogP contribution is -2.54. The molecule has 1 saturated heterocycles. The molecule has 3 heterocycles.